The Labute approximate surface area is 215 Å². The molecule has 4 aromatic rings. The minimum absolute atomic E-state index is 0. The largest absolute Gasteiger partial charge is 2.00 e. The molecule has 0 saturated heterocycles. The van der Waals surface area contributed by atoms with Gasteiger partial charge in [-0.2, -0.15) is 12.1 Å². The minimum Gasteiger partial charge on any atom is -1.00 e. The molecule has 0 unspecified atom stereocenters. The summed E-state index contributed by atoms with van der Waals surface area (Å²) in [6, 6.07) is 26.2. The molecule has 0 atom stereocenters. The third kappa shape index (κ3) is 9.95. The molecule has 0 aliphatic heterocycles. The van der Waals surface area contributed by atoms with E-state index in [0.29, 0.717) is 0 Å². The first-order valence-corrected chi connectivity index (χ1v) is 10.1. The van der Waals surface area contributed by atoms with Crippen LogP contribution in [0, 0.1) is 13.8 Å². The van der Waals surface area contributed by atoms with E-state index in [2.05, 4.69) is 100 Å². The fourth-order valence-corrected chi connectivity index (χ4v) is 3.30. The Hall–Kier alpha value is -0.877. The predicted octanol–water partition coefficient (Wildman–Crippen LogP) is 2.07. The van der Waals surface area contributed by atoms with Crippen molar-refractivity contribution in [3.63, 3.8) is 0 Å². The predicted molar refractivity (Wildman–Crippen MR) is 122 cm³/mol. The van der Waals surface area contributed by atoms with Gasteiger partial charge in [-0.05, 0) is 12.8 Å². The van der Waals surface area contributed by atoms with Gasteiger partial charge in [0.2, 0.25) is 0 Å². The van der Waals surface area contributed by atoms with Crippen LogP contribution in [0.4, 0.5) is 0 Å². The van der Waals surface area contributed by atoms with Crippen molar-refractivity contribution < 1.29 is 51.0 Å². The van der Waals surface area contributed by atoms with Gasteiger partial charge >= 0.3 is 26.2 Å². The Kier molecular flexibility index (Phi) is 18.5. The number of hydrogen-bond acceptors (Lipinski definition) is 0. The molecule has 0 aliphatic carbocycles. The van der Waals surface area contributed by atoms with Crippen LogP contribution in [0.5, 0.6) is 0 Å². The summed E-state index contributed by atoms with van der Waals surface area (Å²) >= 11 is 0. The first-order chi connectivity index (χ1) is 13.2. The van der Waals surface area contributed by atoms with Gasteiger partial charge in [-0.3, -0.25) is 0 Å². The van der Waals surface area contributed by atoms with Gasteiger partial charge in [0, 0.05) is 0 Å². The third-order valence-electron chi connectivity index (χ3n) is 4.43. The van der Waals surface area contributed by atoms with E-state index < -0.39 is 0 Å². The maximum Gasteiger partial charge on any atom is 2.00 e. The van der Waals surface area contributed by atoms with E-state index in [1.54, 1.807) is 0 Å². The Morgan fingerprint density at radius 3 is 1.30 bits per heavy atom. The number of aryl methyl sites for hydroxylation is 2. The van der Waals surface area contributed by atoms with Crippen molar-refractivity contribution in [2.24, 2.45) is 0 Å². The average Bonchev–Trinajstić information content (AvgIpc) is 3.26. The molecular formula is C27H32Cl2Zr-4. The molecule has 0 amide bonds. The molecule has 3 heteroatoms. The molecule has 0 fully saturated rings. The number of hydrogen-bond donors (Lipinski definition) is 0. The molecule has 0 nitrogen and oxygen atoms in total. The van der Waals surface area contributed by atoms with Gasteiger partial charge in [-0.1, -0.05) is 38.8 Å². The smallest absolute Gasteiger partial charge is 1.00 e. The zero-order valence-electron chi connectivity index (χ0n) is 18.1. The molecular weight excluding hydrogens is 486 g/mol. The van der Waals surface area contributed by atoms with Crippen molar-refractivity contribution in [1.29, 1.82) is 0 Å². The molecule has 0 spiro atoms. The van der Waals surface area contributed by atoms with Crippen molar-refractivity contribution in [3.8, 4) is 0 Å². The van der Waals surface area contributed by atoms with Crippen LogP contribution in [0.15, 0.2) is 72.8 Å². The summed E-state index contributed by atoms with van der Waals surface area (Å²) in [6.45, 7) is 11.2. The van der Waals surface area contributed by atoms with Crippen LogP contribution < -0.4 is 24.8 Å². The van der Waals surface area contributed by atoms with Crippen LogP contribution in [0.1, 0.15) is 44.2 Å². The summed E-state index contributed by atoms with van der Waals surface area (Å²) < 4.78 is 0. The van der Waals surface area contributed by atoms with E-state index in [4.69, 9.17) is 0 Å². The molecule has 4 rings (SSSR count). The van der Waals surface area contributed by atoms with Crippen molar-refractivity contribution in [3.05, 3.63) is 97.8 Å². The average molecular weight is 519 g/mol. The van der Waals surface area contributed by atoms with Crippen LogP contribution in [-0.4, -0.2) is 0 Å². The molecule has 30 heavy (non-hydrogen) atoms. The van der Waals surface area contributed by atoms with Gasteiger partial charge in [0.15, 0.2) is 0 Å². The van der Waals surface area contributed by atoms with Gasteiger partial charge < -0.3 is 45.1 Å². The van der Waals surface area contributed by atoms with Gasteiger partial charge in [0.25, 0.3) is 0 Å². The van der Waals surface area contributed by atoms with Crippen LogP contribution in [0.25, 0.3) is 21.5 Å². The second-order valence-corrected chi connectivity index (χ2v) is 6.84. The molecule has 0 bridgehead atoms. The second-order valence-electron chi connectivity index (χ2n) is 6.84. The number of fused-ring (bicyclic) bond motifs is 2. The van der Waals surface area contributed by atoms with Crippen LogP contribution >= 0.6 is 0 Å². The Morgan fingerprint density at radius 2 is 1.00 bits per heavy atom. The topological polar surface area (TPSA) is 0 Å². The van der Waals surface area contributed by atoms with Gasteiger partial charge in [-0.15, -0.1) is 81.2 Å². The Balaban J connectivity index is 0. The van der Waals surface area contributed by atoms with E-state index in [9.17, 15) is 0 Å². The molecule has 0 aromatic heterocycles. The molecule has 0 N–H and O–H groups in total. The SMILES string of the molecule is CCCc1cc2ccccc2[cH-]1.CCCc1cc2ccccc2[cH-]1.[CH2-]C[CH2-].[Cl-].[Cl-].[Zr+2]. The normalized spacial score (nSPS) is 9.20. The van der Waals surface area contributed by atoms with E-state index in [0.717, 1.165) is 6.42 Å². The summed E-state index contributed by atoms with van der Waals surface area (Å²) in [7, 11) is 0. The summed E-state index contributed by atoms with van der Waals surface area (Å²) in [4.78, 5) is 0. The zero-order chi connectivity index (χ0) is 19.5. The summed E-state index contributed by atoms with van der Waals surface area (Å²) in [5.74, 6) is 0. The van der Waals surface area contributed by atoms with E-state index in [-0.39, 0.29) is 51.0 Å². The van der Waals surface area contributed by atoms with E-state index in [1.165, 1.54) is 58.4 Å². The fourth-order valence-electron chi connectivity index (χ4n) is 3.30. The molecule has 4 aromatic carbocycles. The van der Waals surface area contributed by atoms with Crippen molar-refractivity contribution >= 4 is 21.5 Å². The molecule has 162 valence electrons. The molecule has 0 saturated carbocycles. The van der Waals surface area contributed by atoms with Gasteiger partial charge in [0.05, 0.1) is 0 Å². The van der Waals surface area contributed by atoms with Gasteiger partial charge in [0.1, 0.15) is 0 Å². The fraction of sp³-hybridized carbons (Fsp3) is 0.259. The van der Waals surface area contributed by atoms with E-state index in [1.807, 2.05) is 0 Å². The quantitative estimate of drug-likeness (QED) is 0.363. The third-order valence-corrected chi connectivity index (χ3v) is 4.43. The number of rotatable bonds is 4. The van der Waals surface area contributed by atoms with Gasteiger partial charge in [-0.25, -0.2) is 0 Å². The zero-order valence-corrected chi connectivity index (χ0v) is 22.1. The van der Waals surface area contributed by atoms with Crippen molar-refractivity contribution in [2.75, 3.05) is 0 Å². The minimum atomic E-state index is 0. The summed E-state index contributed by atoms with van der Waals surface area (Å²) in [5.41, 5.74) is 2.94. The number of halogens is 2. The molecule has 0 radical (unpaired) electrons. The standard InChI is InChI=1S/2C12H13.C3H6.2ClH.Zr/c2*1-2-5-10-8-11-6-3-4-7-12(11)9-10;1-3-2;;;/h2*3-4,6-9H,2,5H2,1H3;1-3H2;2*1H;/q2*-1;-2;;;+2/p-2. The van der Waals surface area contributed by atoms with Crippen molar-refractivity contribution in [2.45, 2.75) is 46.0 Å². The van der Waals surface area contributed by atoms with Crippen LogP contribution in [0.2, 0.25) is 0 Å². The maximum atomic E-state index is 3.38. The van der Waals surface area contributed by atoms with Crippen LogP contribution in [0.3, 0.4) is 0 Å². The summed E-state index contributed by atoms with van der Waals surface area (Å²) in [6.07, 6.45) is 5.62. The van der Waals surface area contributed by atoms with E-state index >= 15 is 0 Å². The first-order valence-electron chi connectivity index (χ1n) is 10.1. The number of benzene rings is 2. The Bertz CT molecular complexity index is 779. The maximum absolute atomic E-state index is 3.38. The molecule has 0 aliphatic rings. The van der Waals surface area contributed by atoms with Crippen molar-refractivity contribution in [1.82, 2.24) is 0 Å². The monoisotopic (exact) mass is 516 g/mol. The van der Waals surface area contributed by atoms with Crippen LogP contribution in [-0.2, 0) is 39.0 Å². The first kappa shape index (κ1) is 31.3. The molecule has 0 heterocycles. The second kappa shape index (κ2) is 17.8. The Morgan fingerprint density at radius 1 is 0.667 bits per heavy atom. The summed E-state index contributed by atoms with van der Waals surface area (Å²) in [5, 5.41) is 5.50.